The van der Waals surface area contributed by atoms with Gasteiger partial charge < -0.3 is 5.32 Å². The molecule has 0 atom stereocenters. The molecule has 4 heteroatoms. The van der Waals surface area contributed by atoms with E-state index < -0.39 is 0 Å². The first kappa shape index (κ1) is 11.4. The number of anilines is 1. The minimum atomic E-state index is 0.533. The molecule has 0 spiro atoms. The highest BCUT2D eigenvalue weighted by Gasteiger charge is 2.05. The van der Waals surface area contributed by atoms with E-state index in [0.29, 0.717) is 16.4 Å². The minimum Gasteiger partial charge on any atom is -0.372 e. The highest BCUT2D eigenvalue weighted by Crippen LogP contribution is 2.22. The van der Waals surface area contributed by atoms with Crippen molar-refractivity contribution < 1.29 is 0 Å². The van der Waals surface area contributed by atoms with E-state index in [0.717, 1.165) is 11.3 Å². The Hall–Kier alpha value is -2.05. The second-order valence-electron chi connectivity index (χ2n) is 3.46. The fraction of sp³-hybridized carbons (Fsp3) is 0.0769. The molecule has 0 saturated carbocycles. The molecule has 0 aliphatic rings. The molecule has 0 fully saturated rings. The largest absolute Gasteiger partial charge is 0.372 e. The van der Waals surface area contributed by atoms with Crippen LogP contribution in [0.25, 0.3) is 11.3 Å². The van der Waals surface area contributed by atoms with E-state index in [-0.39, 0.29) is 0 Å². The van der Waals surface area contributed by atoms with Gasteiger partial charge in [-0.25, -0.2) is 4.98 Å². The molecule has 0 radical (unpaired) electrons. The Kier molecular flexibility index (Phi) is 3.27. The predicted octanol–water partition coefficient (Wildman–Crippen LogP) is 3.32. The lowest BCUT2D eigenvalue weighted by atomic mass is 10.1. The van der Waals surface area contributed by atoms with Crippen LogP contribution in [0.1, 0.15) is 5.56 Å². The number of pyridine rings is 1. The molecular formula is C13H10ClN3. The molecular weight excluding hydrogens is 234 g/mol. The van der Waals surface area contributed by atoms with Crippen LogP contribution in [0.4, 0.5) is 5.82 Å². The SMILES string of the molecule is CNc1nc(-c2ccc(Cl)cc2)ccc1C#N. The van der Waals surface area contributed by atoms with Crippen molar-refractivity contribution in [3.63, 3.8) is 0 Å². The molecule has 2 aromatic rings. The van der Waals surface area contributed by atoms with Gasteiger partial charge in [0, 0.05) is 17.6 Å². The summed E-state index contributed by atoms with van der Waals surface area (Å²) < 4.78 is 0. The number of halogens is 1. The maximum absolute atomic E-state index is 8.90. The van der Waals surface area contributed by atoms with Crippen LogP contribution in [0.3, 0.4) is 0 Å². The van der Waals surface area contributed by atoms with E-state index >= 15 is 0 Å². The number of rotatable bonds is 2. The van der Waals surface area contributed by atoms with E-state index in [2.05, 4.69) is 16.4 Å². The van der Waals surface area contributed by atoms with E-state index in [1.807, 2.05) is 30.3 Å². The van der Waals surface area contributed by atoms with Crippen LogP contribution in [0.15, 0.2) is 36.4 Å². The lowest BCUT2D eigenvalue weighted by Gasteiger charge is -2.06. The van der Waals surface area contributed by atoms with E-state index in [1.165, 1.54) is 0 Å². The third-order valence-electron chi connectivity index (χ3n) is 2.39. The average Bonchev–Trinajstić information content (AvgIpc) is 2.39. The Labute approximate surface area is 105 Å². The van der Waals surface area contributed by atoms with Gasteiger partial charge in [0.1, 0.15) is 11.9 Å². The smallest absolute Gasteiger partial charge is 0.144 e. The Morgan fingerprint density at radius 1 is 1.18 bits per heavy atom. The van der Waals surface area contributed by atoms with E-state index in [9.17, 15) is 0 Å². The monoisotopic (exact) mass is 243 g/mol. The van der Waals surface area contributed by atoms with Crippen LogP contribution in [0.5, 0.6) is 0 Å². The number of hydrogen-bond acceptors (Lipinski definition) is 3. The quantitative estimate of drug-likeness (QED) is 0.880. The summed E-state index contributed by atoms with van der Waals surface area (Å²) in [5.41, 5.74) is 2.31. The van der Waals surface area contributed by atoms with Crippen LogP contribution < -0.4 is 5.32 Å². The summed E-state index contributed by atoms with van der Waals surface area (Å²) in [7, 11) is 1.74. The normalized spacial score (nSPS) is 9.71. The highest BCUT2D eigenvalue weighted by atomic mass is 35.5. The summed E-state index contributed by atoms with van der Waals surface area (Å²) in [6.45, 7) is 0. The molecule has 1 N–H and O–H groups in total. The summed E-state index contributed by atoms with van der Waals surface area (Å²) in [6.07, 6.45) is 0. The predicted molar refractivity (Wildman–Crippen MR) is 68.9 cm³/mol. The second-order valence-corrected chi connectivity index (χ2v) is 3.90. The van der Waals surface area contributed by atoms with E-state index in [4.69, 9.17) is 16.9 Å². The van der Waals surface area contributed by atoms with Gasteiger partial charge >= 0.3 is 0 Å². The van der Waals surface area contributed by atoms with Crippen molar-refractivity contribution in [3.05, 3.63) is 47.0 Å². The maximum atomic E-state index is 8.90. The third kappa shape index (κ3) is 2.38. The second kappa shape index (κ2) is 4.86. The molecule has 0 bridgehead atoms. The molecule has 0 unspecified atom stereocenters. The van der Waals surface area contributed by atoms with Gasteiger partial charge in [0.15, 0.2) is 0 Å². The molecule has 0 aliphatic heterocycles. The summed E-state index contributed by atoms with van der Waals surface area (Å²) in [4.78, 5) is 4.39. The summed E-state index contributed by atoms with van der Waals surface area (Å²) in [6, 6.07) is 13.1. The molecule has 1 aromatic heterocycles. The van der Waals surface area contributed by atoms with Crippen LogP contribution >= 0.6 is 11.6 Å². The standard InChI is InChI=1S/C13H10ClN3/c1-16-13-10(8-15)4-7-12(17-13)9-2-5-11(14)6-3-9/h2-7H,1H3,(H,16,17). The topological polar surface area (TPSA) is 48.7 Å². The highest BCUT2D eigenvalue weighted by molar-refractivity contribution is 6.30. The first-order chi connectivity index (χ1) is 8.24. The zero-order valence-electron chi connectivity index (χ0n) is 9.24. The Bertz CT molecular complexity index is 570. The summed E-state index contributed by atoms with van der Waals surface area (Å²) in [5.74, 6) is 0.583. The zero-order chi connectivity index (χ0) is 12.3. The fourth-order valence-electron chi connectivity index (χ4n) is 1.52. The first-order valence-electron chi connectivity index (χ1n) is 5.09. The number of aromatic nitrogens is 1. The van der Waals surface area contributed by atoms with Crippen molar-refractivity contribution in [3.8, 4) is 17.3 Å². The van der Waals surface area contributed by atoms with Crippen molar-refractivity contribution in [1.82, 2.24) is 4.98 Å². The van der Waals surface area contributed by atoms with Crippen LogP contribution in [-0.4, -0.2) is 12.0 Å². The lowest BCUT2D eigenvalue weighted by molar-refractivity contribution is 1.27. The lowest BCUT2D eigenvalue weighted by Crippen LogP contribution is -1.97. The first-order valence-corrected chi connectivity index (χ1v) is 5.47. The maximum Gasteiger partial charge on any atom is 0.144 e. The van der Waals surface area contributed by atoms with Gasteiger partial charge in [-0.3, -0.25) is 0 Å². The van der Waals surface area contributed by atoms with Crippen molar-refractivity contribution in [2.75, 3.05) is 12.4 Å². The number of benzene rings is 1. The fourth-order valence-corrected chi connectivity index (χ4v) is 1.65. The molecule has 3 nitrogen and oxygen atoms in total. The van der Waals surface area contributed by atoms with Gasteiger partial charge in [0.25, 0.3) is 0 Å². The molecule has 2 rings (SSSR count). The van der Waals surface area contributed by atoms with Crippen LogP contribution in [-0.2, 0) is 0 Å². The van der Waals surface area contributed by atoms with Crippen molar-refractivity contribution in [1.29, 1.82) is 5.26 Å². The molecule has 1 aromatic carbocycles. The zero-order valence-corrected chi connectivity index (χ0v) is 9.99. The van der Waals surface area contributed by atoms with E-state index in [1.54, 1.807) is 13.1 Å². The van der Waals surface area contributed by atoms with Gasteiger partial charge in [0.2, 0.25) is 0 Å². The number of nitriles is 1. The molecule has 17 heavy (non-hydrogen) atoms. The minimum absolute atomic E-state index is 0.533. The Balaban J connectivity index is 2.47. The van der Waals surface area contributed by atoms with Gasteiger partial charge in [-0.1, -0.05) is 23.7 Å². The van der Waals surface area contributed by atoms with Gasteiger partial charge in [-0.15, -0.1) is 0 Å². The molecule has 0 saturated heterocycles. The van der Waals surface area contributed by atoms with Gasteiger partial charge in [-0.2, -0.15) is 5.26 Å². The Morgan fingerprint density at radius 3 is 2.47 bits per heavy atom. The molecule has 84 valence electrons. The Morgan fingerprint density at radius 2 is 1.88 bits per heavy atom. The van der Waals surface area contributed by atoms with Gasteiger partial charge in [-0.05, 0) is 24.3 Å². The van der Waals surface area contributed by atoms with Crippen molar-refractivity contribution in [2.24, 2.45) is 0 Å². The van der Waals surface area contributed by atoms with Crippen LogP contribution in [0.2, 0.25) is 5.02 Å². The van der Waals surface area contributed by atoms with Crippen molar-refractivity contribution >= 4 is 17.4 Å². The molecule has 1 heterocycles. The summed E-state index contributed by atoms with van der Waals surface area (Å²) >= 11 is 5.83. The van der Waals surface area contributed by atoms with Gasteiger partial charge in [0.05, 0.1) is 11.3 Å². The van der Waals surface area contributed by atoms with Crippen molar-refractivity contribution in [2.45, 2.75) is 0 Å². The van der Waals surface area contributed by atoms with Crippen LogP contribution in [0, 0.1) is 11.3 Å². The summed E-state index contributed by atoms with van der Waals surface area (Å²) in [5, 5.41) is 12.5. The third-order valence-corrected chi connectivity index (χ3v) is 2.64. The average molecular weight is 244 g/mol. The number of nitrogens with zero attached hydrogens (tertiary/aromatic N) is 2. The number of nitrogens with one attached hydrogen (secondary N) is 1. The number of hydrogen-bond donors (Lipinski definition) is 1. The molecule has 0 amide bonds. The molecule has 0 aliphatic carbocycles.